The van der Waals surface area contributed by atoms with E-state index in [0.717, 1.165) is 38.9 Å². The summed E-state index contributed by atoms with van der Waals surface area (Å²) in [7, 11) is 3.84. The van der Waals surface area contributed by atoms with Crippen molar-refractivity contribution in [3.63, 3.8) is 0 Å². The molecule has 2 aromatic rings. The Morgan fingerprint density at radius 2 is 2.09 bits per heavy atom. The Hall–Kier alpha value is -2.62. The maximum atomic E-state index is 12.9. The van der Waals surface area contributed by atoms with Gasteiger partial charge < -0.3 is 25.5 Å². The molecular weight excluding hydrogens is 418 g/mol. The monoisotopic (exact) mass is 453 g/mol. The van der Waals surface area contributed by atoms with Gasteiger partial charge in [0.25, 0.3) is 5.91 Å². The number of nitrogens with one attached hydrogen (secondary N) is 2. The quantitative estimate of drug-likeness (QED) is 0.551. The highest BCUT2D eigenvalue weighted by atomic mass is 16.3. The molecule has 0 radical (unpaired) electrons. The molecule has 1 aliphatic carbocycles. The van der Waals surface area contributed by atoms with Gasteiger partial charge in [-0.15, -0.1) is 0 Å². The van der Waals surface area contributed by atoms with Crippen molar-refractivity contribution in [1.82, 2.24) is 30.1 Å². The van der Waals surface area contributed by atoms with Gasteiger partial charge in [0.15, 0.2) is 5.82 Å². The number of aromatic nitrogens is 3. The molecule has 3 heterocycles. The highest BCUT2D eigenvalue weighted by Gasteiger charge is 2.23. The Kier molecular flexibility index (Phi) is 7.85. The molecule has 1 saturated heterocycles. The predicted octanol–water partition coefficient (Wildman–Crippen LogP) is 1.40. The molecule has 0 aromatic carbocycles. The zero-order chi connectivity index (χ0) is 23.2. The third-order valence-electron chi connectivity index (χ3n) is 6.67. The number of anilines is 1. The van der Waals surface area contributed by atoms with E-state index in [9.17, 15) is 9.90 Å². The van der Waals surface area contributed by atoms with Gasteiger partial charge in [-0.2, -0.15) is 0 Å². The lowest BCUT2D eigenvalue weighted by Gasteiger charge is -2.33. The van der Waals surface area contributed by atoms with Gasteiger partial charge in [-0.1, -0.05) is 18.9 Å². The molecule has 1 amide bonds. The number of pyridine rings is 1. The van der Waals surface area contributed by atoms with Crippen molar-refractivity contribution in [2.45, 2.75) is 44.2 Å². The van der Waals surface area contributed by atoms with Crippen LogP contribution in [0.4, 0.5) is 5.82 Å². The molecule has 0 spiro atoms. The first kappa shape index (κ1) is 23.5. The lowest BCUT2D eigenvalue weighted by Crippen LogP contribution is -2.50. The Labute approximate surface area is 195 Å². The van der Waals surface area contributed by atoms with Crippen molar-refractivity contribution in [3.05, 3.63) is 35.7 Å². The first-order chi connectivity index (χ1) is 16.0. The normalized spacial score (nSPS) is 19.5. The molecule has 2 fully saturated rings. The fourth-order valence-electron chi connectivity index (χ4n) is 4.53. The number of hydrogen-bond donors (Lipinski definition) is 3. The van der Waals surface area contributed by atoms with Gasteiger partial charge in [-0.05, 0) is 37.9 Å². The summed E-state index contributed by atoms with van der Waals surface area (Å²) in [4.78, 5) is 30.6. The van der Waals surface area contributed by atoms with Crippen LogP contribution < -0.4 is 10.6 Å². The minimum Gasteiger partial charge on any atom is -0.395 e. The van der Waals surface area contributed by atoms with Gasteiger partial charge >= 0.3 is 0 Å². The molecule has 4 rings (SSSR count). The molecule has 1 atom stereocenters. The topological polar surface area (TPSA) is 107 Å². The Balaban J connectivity index is 1.54. The summed E-state index contributed by atoms with van der Waals surface area (Å²) in [6.45, 7) is 3.25. The first-order valence-electron chi connectivity index (χ1n) is 11.9. The first-order valence-corrected chi connectivity index (χ1v) is 11.9. The molecule has 2 aliphatic rings. The highest BCUT2D eigenvalue weighted by molar-refractivity contribution is 5.98. The number of likely N-dealkylation sites (N-methyl/N-ethyl adjacent to an activating group) is 2. The van der Waals surface area contributed by atoms with E-state index in [1.54, 1.807) is 13.2 Å². The van der Waals surface area contributed by atoms with Gasteiger partial charge in [0, 0.05) is 57.7 Å². The molecule has 1 saturated carbocycles. The van der Waals surface area contributed by atoms with Crippen LogP contribution in [-0.2, 0) is 6.42 Å². The van der Waals surface area contributed by atoms with E-state index in [0.29, 0.717) is 35.0 Å². The SMILES string of the molecule is CN(CCO)C(=O)c1cnc(-c2ccc(CC3CNCCN3C)cn2)nc1NC1CCCC1. The number of carbonyl (C=O) groups is 1. The van der Waals surface area contributed by atoms with Crippen molar-refractivity contribution in [1.29, 1.82) is 0 Å². The van der Waals surface area contributed by atoms with E-state index >= 15 is 0 Å². The zero-order valence-electron chi connectivity index (χ0n) is 19.6. The zero-order valence-corrected chi connectivity index (χ0v) is 19.6. The molecule has 178 valence electrons. The number of aliphatic hydroxyl groups excluding tert-OH is 1. The van der Waals surface area contributed by atoms with Gasteiger partial charge in [0.2, 0.25) is 0 Å². The maximum absolute atomic E-state index is 12.9. The van der Waals surface area contributed by atoms with Crippen LogP contribution in [0.1, 0.15) is 41.6 Å². The second-order valence-electron chi connectivity index (χ2n) is 9.13. The lowest BCUT2D eigenvalue weighted by molar-refractivity contribution is 0.0767. The van der Waals surface area contributed by atoms with Crippen LogP contribution in [0, 0.1) is 0 Å². The summed E-state index contributed by atoms with van der Waals surface area (Å²) in [5, 5.41) is 16.1. The Morgan fingerprint density at radius 1 is 1.27 bits per heavy atom. The second-order valence-corrected chi connectivity index (χ2v) is 9.13. The average molecular weight is 454 g/mol. The minimum absolute atomic E-state index is 0.0878. The number of amides is 1. The Morgan fingerprint density at radius 3 is 2.79 bits per heavy atom. The van der Waals surface area contributed by atoms with Crippen molar-refractivity contribution in [3.8, 4) is 11.5 Å². The Bertz CT molecular complexity index is 931. The van der Waals surface area contributed by atoms with E-state index in [2.05, 4.69) is 38.6 Å². The van der Waals surface area contributed by atoms with E-state index in [1.165, 1.54) is 23.3 Å². The van der Waals surface area contributed by atoms with E-state index in [1.807, 2.05) is 12.3 Å². The van der Waals surface area contributed by atoms with Crippen LogP contribution in [0.25, 0.3) is 11.5 Å². The fraction of sp³-hybridized carbons (Fsp3) is 0.583. The number of carbonyl (C=O) groups excluding carboxylic acids is 1. The van der Waals surface area contributed by atoms with Crippen LogP contribution in [0.5, 0.6) is 0 Å². The van der Waals surface area contributed by atoms with Crippen molar-refractivity contribution >= 4 is 11.7 Å². The lowest BCUT2D eigenvalue weighted by atomic mass is 10.0. The molecule has 3 N–H and O–H groups in total. The third kappa shape index (κ3) is 5.85. The minimum atomic E-state index is -0.204. The molecular formula is C24H35N7O2. The molecule has 0 bridgehead atoms. The molecule has 9 heteroatoms. The smallest absolute Gasteiger partial charge is 0.259 e. The summed E-state index contributed by atoms with van der Waals surface area (Å²) in [6, 6.07) is 4.82. The third-order valence-corrected chi connectivity index (χ3v) is 6.67. The van der Waals surface area contributed by atoms with Crippen molar-refractivity contribution in [2.24, 2.45) is 0 Å². The standard InChI is InChI=1S/C24H35N7O2/c1-30-10-9-25-15-19(30)13-17-7-8-21(26-14-17)23-27-16-20(24(33)31(2)11-12-32)22(29-23)28-18-5-3-4-6-18/h7-8,14,16,18-19,25,32H,3-6,9-13,15H2,1-2H3,(H,27,28,29). The van der Waals surface area contributed by atoms with Crippen LogP contribution >= 0.6 is 0 Å². The summed E-state index contributed by atoms with van der Waals surface area (Å²) in [5.41, 5.74) is 2.29. The number of hydrogen-bond acceptors (Lipinski definition) is 8. The van der Waals surface area contributed by atoms with Gasteiger partial charge in [-0.25, -0.2) is 9.97 Å². The number of nitrogens with zero attached hydrogens (tertiary/aromatic N) is 5. The van der Waals surface area contributed by atoms with E-state index < -0.39 is 0 Å². The van der Waals surface area contributed by atoms with Crippen molar-refractivity contribution in [2.75, 3.05) is 52.2 Å². The van der Waals surface area contributed by atoms with Gasteiger partial charge in [-0.3, -0.25) is 9.78 Å². The largest absolute Gasteiger partial charge is 0.395 e. The number of rotatable bonds is 8. The van der Waals surface area contributed by atoms with Gasteiger partial charge in [0.05, 0.1) is 6.61 Å². The second kappa shape index (κ2) is 11.0. The van der Waals surface area contributed by atoms with Crippen LogP contribution in [-0.4, -0.2) is 94.7 Å². The fourth-order valence-corrected chi connectivity index (χ4v) is 4.53. The summed E-state index contributed by atoms with van der Waals surface area (Å²) < 4.78 is 0. The molecule has 1 aliphatic heterocycles. The van der Waals surface area contributed by atoms with E-state index in [-0.39, 0.29) is 19.1 Å². The van der Waals surface area contributed by atoms with Crippen LogP contribution in [0.3, 0.4) is 0 Å². The number of piperazine rings is 1. The summed E-state index contributed by atoms with van der Waals surface area (Å²) >= 11 is 0. The van der Waals surface area contributed by atoms with E-state index in [4.69, 9.17) is 4.98 Å². The summed E-state index contributed by atoms with van der Waals surface area (Å²) in [5.74, 6) is 0.840. The molecule has 1 unspecified atom stereocenters. The van der Waals surface area contributed by atoms with Crippen LogP contribution in [0.15, 0.2) is 24.5 Å². The molecule has 2 aromatic heterocycles. The van der Waals surface area contributed by atoms with Crippen LogP contribution in [0.2, 0.25) is 0 Å². The van der Waals surface area contributed by atoms with Gasteiger partial charge in [0.1, 0.15) is 17.1 Å². The average Bonchev–Trinajstić information content (AvgIpc) is 3.34. The maximum Gasteiger partial charge on any atom is 0.259 e. The predicted molar refractivity (Wildman–Crippen MR) is 128 cm³/mol. The molecule has 33 heavy (non-hydrogen) atoms. The number of aliphatic hydroxyl groups is 1. The summed E-state index contributed by atoms with van der Waals surface area (Å²) in [6.07, 6.45) is 8.91. The highest BCUT2D eigenvalue weighted by Crippen LogP contribution is 2.25. The van der Waals surface area contributed by atoms with Crippen molar-refractivity contribution < 1.29 is 9.90 Å². The molecule has 9 nitrogen and oxygen atoms in total.